The lowest BCUT2D eigenvalue weighted by molar-refractivity contribution is 0.0136. The van der Waals surface area contributed by atoms with Gasteiger partial charge in [-0.15, -0.1) is 0 Å². The van der Waals surface area contributed by atoms with Crippen LogP contribution in [-0.2, 0) is 14.2 Å². The number of hydrogen-bond acceptors (Lipinski definition) is 9. The average Bonchev–Trinajstić information content (AvgIpc) is 3.37. The second kappa shape index (κ2) is 12.9. The first-order valence-corrected chi connectivity index (χ1v) is 13.4. The van der Waals surface area contributed by atoms with E-state index in [-0.39, 0.29) is 23.0 Å². The third kappa shape index (κ3) is 7.23. The number of carbonyl (C=O) groups excluding carboxylic acids is 3. The Morgan fingerprint density at radius 2 is 1.56 bits per heavy atom. The minimum Gasteiger partial charge on any atom is -0.492 e. The topological polar surface area (TPSA) is 112 Å². The van der Waals surface area contributed by atoms with Crippen LogP contribution in [-0.4, -0.2) is 96.8 Å². The number of rotatable bonds is 8. The van der Waals surface area contributed by atoms with Gasteiger partial charge in [0, 0.05) is 38.3 Å². The SMILES string of the molecule is COC(=O)c1c(-c2cccc(OCCN3CCN(C(=O)OC(C)(C)C)CC3)c2)nn(-c2ccccc2)c1C(=O)OC. The molecule has 4 rings (SSSR count). The fourth-order valence-corrected chi connectivity index (χ4v) is 4.46. The molecule has 0 saturated carbocycles. The molecule has 0 spiro atoms. The van der Waals surface area contributed by atoms with Crippen LogP contribution in [0.4, 0.5) is 4.79 Å². The van der Waals surface area contributed by atoms with Crippen LogP contribution >= 0.6 is 0 Å². The Morgan fingerprint density at radius 3 is 2.20 bits per heavy atom. The molecule has 2 aromatic carbocycles. The highest BCUT2D eigenvalue weighted by Gasteiger charge is 2.31. The maximum atomic E-state index is 12.9. The van der Waals surface area contributed by atoms with Crippen molar-refractivity contribution in [1.29, 1.82) is 0 Å². The van der Waals surface area contributed by atoms with Gasteiger partial charge in [0.1, 0.15) is 29.2 Å². The highest BCUT2D eigenvalue weighted by molar-refractivity contribution is 6.06. The Morgan fingerprint density at radius 1 is 0.878 bits per heavy atom. The van der Waals surface area contributed by atoms with Crippen molar-refractivity contribution in [1.82, 2.24) is 19.6 Å². The van der Waals surface area contributed by atoms with Gasteiger partial charge in [-0.25, -0.2) is 19.1 Å². The quantitative estimate of drug-likeness (QED) is 0.295. The number of methoxy groups -OCH3 is 2. The summed E-state index contributed by atoms with van der Waals surface area (Å²) in [5, 5.41) is 4.64. The van der Waals surface area contributed by atoms with Gasteiger partial charge >= 0.3 is 18.0 Å². The number of amides is 1. The molecule has 0 N–H and O–H groups in total. The molecule has 1 aliphatic rings. The maximum Gasteiger partial charge on any atom is 0.410 e. The Labute approximate surface area is 239 Å². The van der Waals surface area contributed by atoms with Crippen molar-refractivity contribution in [3.8, 4) is 22.7 Å². The molecule has 1 saturated heterocycles. The summed E-state index contributed by atoms with van der Waals surface area (Å²) in [6.07, 6.45) is -0.290. The van der Waals surface area contributed by atoms with Crippen LogP contribution in [0.25, 0.3) is 16.9 Å². The lowest BCUT2D eigenvalue weighted by Crippen LogP contribution is -2.50. The molecule has 1 aromatic heterocycles. The monoisotopic (exact) mass is 564 g/mol. The van der Waals surface area contributed by atoms with Crippen molar-refractivity contribution in [3.63, 3.8) is 0 Å². The Bertz CT molecular complexity index is 1370. The third-order valence-corrected chi connectivity index (χ3v) is 6.46. The molecule has 0 radical (unpaired) electrons. The van der Waals surface area contributed by atoms with Gasteiger partial charge in [0.2, 0.25) is 0 Å². The van der Waals surface area contributed by atoms with Crippen LogP contribution in [0.2, 0.25) is 0 Å². The second-order valence-corrected chi connectivity index (χ2v) is 10.5. The third-order valence-electron chi connectivity index (χ3n) is 6.46. The number of nitrogens with zero attached hydrogens (tertiary/aromatic N) is 4. The lowest BCUT2D eigenvalue weighted by atomic mass is 10.1. The van der Waals surface area contributed by atoms with Crippen molar-refractivity contribution < 1.29 is 33.3 Å². The van der Waals surface area contributed by atoms with Crippen LogP contribution in [0.15, 0.2) is 54.6 Å². The molecule has 1 aliphatic heterocycles. The van der Waals surface area contributed by atoms with Gasteiger partial charge in [-0.05, 0) is 45.0 Å². The second-order valence-electron chi connectivity index (χ2n) is 10.5. The van der Waals surface area contributed by atoms with Crippen LogP contribution in [0, 0.1) is 0 Å². The zero-order chi connectivity index (χ0) is 29.6. The van der Waals surface area contributed by atoms with Gasteiger partial charge in [-0.2, -0.15) is 5.10 Å². The Balaban J connectivity index is 1.48. The summed E-state index contributed by atoms with van der Waals surface area (Å²) in [5.74, 6) is -0.841. The molecular weight excluding hydrogens is 528 g/mol. The first kappa shape index (κ1) is 29.6. The van der Waals surface area contributed by atoms with E-state index in [1.54, 1.807) is 47.4 Å². The largest absolute Gasteiger partial charge is 0.492 e. The van der Waals surface area contributed by atoms with Crippen LogP contribution in [0.3, 0.4) is 0 Å². The van der Waals surface area contributed by atoms with Gasteiger partial charge < -0.3 is 23.8 Å². The first-order chi connectivity index (χ1) is 19.6. The van der Waals surface area contributed by atoms with Crippen molar-refractivity contribution in [2.45, 2.75) is 26.4 Å². The highest BCUT2D eigenvalue weighted by Crippen LogP contribution is 2.31. The summed E-state index contributed by atoms with van der Waals surface area (Å²) in [4.78, 5) is 42.0. The maximum absolute atomic E-state index is 12.9. The van der Waals surface area contributed by atoms with Gasteiger partial charge in [-0.1, -0.05) is 30.3 Å². The molecule has 1 amide bonds. The van der Waals surface area contributed by atoms with Crippen LogP contribution in [0.1, 0.15) is 41.6 Å². The Hall–Kier alpha value is -4.38. The number of aromatic nitrogens is 2. The smallest absolute Gasteiger partial charge is 0.410 e. The number of carbonyl (C=O) groups is 3. The van der Waals surface area contributed by atoms with Gasteiger partial charge in [0.15, 0.2) is 5.69 Å². The number of benzene rings is 2. The summed E-state index contributed by atoms with van der Waals surface area (Å²) < 4.78 is 22.9. The number of ether oxygens (including phenoxy) is 4. The van der Waals surface area contributed by atoms with Gasteiger partial charge in [0.05, 0.1) is 19.9 Å². The summed E-state index contributed by atoms with van der Waals surface area (Å²) in [5.41, 5.74) is 0.886. The first-order valence-electron chi connectivity index (χ1n) is 13.4. The average molecular weight is 565 g/mol. The normalized spacial score (nSPS) is 13.9. The van der Waals surface area contributed by atoms with Gasteiger partial charge in [0.25, 0.3) is 0 Å². The molecule has 41 heavy (non-hydrogen) atoms. The van der Waals surface area contributed by atoms with E-state index in [4.69, 9.17) is 18.9 Å². The van der Waals surface area contributed by atoms with E-state index in [9.17, 15) is 14.4 Å². The lowest BCUT2D eigenvalue weighted by Gasteiger charge is -2.35. The highest BCUT2D eigenvalue weighted by atomic mass is 16.6. The number of piperazine rings is 1. The molecule has 218 valence electrons. The summed E-state index contributed by atoms with van der Waals surface area (Å²) in [7, 11) is 2.50. The minimum absolute atomic E-state index is 0.00297. The summed E-state index contributed by atoms with van der Waals surface area (Å²) >= 11 is 0. The van der Waals surface area contributed by atoms with Crippen LogP contribution < -0.4 is 4.74 Å². The fraction of sp³-hybridized carbons (Fsp3) is 0.400. The van der Waals surface area contributed by atoms with Gasteiger partial charge in [-0.3, -0.25) is 4.90 Å². The predicted octanol–water partition coefficient (Wildman–Crippen LogP) is 4.04. The minimum atomic E-state index is -0.716. The molecule has 0 atom stereocenters. The molecule has 1 fully saturated rings. The van der Waals surface area contributed by atoms with Crippen molar-refractivity contribution >= 4 is 18.0 Å². The molecule has 3 aromatic rings. The molecular formula is C30H36N4O7. The van der Waals surface area contributed by atoms with Crippen molar-refractivity contribution in [2.24, 2.45) is 0 Å². The zero-order valence-electron chi connectivity index (χ0n) is 24.1. The molecule has 11 heteroatoms. The van der Waals surface area contributed by atoms with E-state index in [1.807, 2.05) is 32.9 Å². The Kier molecular flexibility index (Phi) is 9.28. The standard InChI is InChI=1S/C30H36N4O7/c1-30(2,3)41-29(37)33-16-14-32(15-17-33)18-19-40-23-13-9-10-21(20-23)25-24(27(35)38-4)26(28(36)39-5)34(31-25)22-11-7-6-8-12-22/h6-13,20H,14-19H2,1-5H3. The van der Waals surface area contributed by atoms with E-state index >= 15 is 0 Å². The summed E-state index contributed by atoms with van der Waals surface area (Å²) in [6.45, 7) is 9.29. The molecule has 11 nitrogen and oxygen atoms in total. The number of esters is 2. The molecule has 0 unspecified atom stereocenters. The van der Waals surface area contributed by atoms with E-state index in [1.165, 1.54) is 18.9 Å². The molecule has 0 aliphatic carbocycles. The van der Waals surface area contributed by atoms with Crippen molar-refractivity contribution in [3.05, 3.63) is 65.9 Å². The zero-order valence-corrected chi connectivity index (χ0v) is 24.1. The van der Waals surface area contributed by atoms with E-state index in [0.717, 1.165) is 13.1 Å². The molecule has 0 bridgehead atoms. The number of para-hydroxylation sites is 1. The van der Waals surface area contributed by atoms with E-state index in [2.05, 4.69) is 10.00 Å². The predicted molar refractivity (Wildman–Crippen MR) is 151 cm³/mol. The molecule has 2 heterocycles. The van der Waals surface area contributed by atoms with Crippen LogP contribution in [0.5, 0.6) is 5.75 Å². The summed E-state index contributed by atoms with van der Waals surface area (Å²) in [6, 6.07) is 16.2. The van der Waals surface area contributed by atoms with E-state index in [0.29, 0.717) is 43.2 Å². The van der Waals surface area contributed by atoms with E-state index < -0.39 is 17.5 Å². The number of hydrogen-bond donors (Lipinski definition) is 0. The van der Waals surface area contributed by atoms with Crippen molar-refractivity contribution in [2.75, 3.05) is 53.6 Å². The fourth-order valence-electron chi connectivity index (χ4n) is 4.46.